The van der Waals surface area contributed by atoms with Crippen LogP contribution in [0.4, 0.5) is 0 Å². The topological polar surface area (TPSA) is 111 Å². The van der Waals surface area contributed by atoms with Gasteiger partial charge in [-0.25, -0.2) is 5.48 Å². The number of nitrogens with one attached hydrogen (secondary N) is 2. The average Bonchev–Trinajstić information content (AvgIpc) is 3.30. The summed E-state index contributed by atoms with van der Waals surface area (Å²) < 4.78 is 0. The summed E-state index contributed by atoms with van der Waals surface area (Å²) in [7, 11) is 4.28. The molecule has 0 aliphatic carbocycles. The number of carbonyl (C=O) groups excluding carboxylic acids is 2. The Hall–Kier alpha value is -3.22. The molecule has 0 saturated carbocycles. The maximum Gasteiger partial charge on any atom is 0.267 e. The van der Waals surface area contributed by atoms with Crippen molar-refractivity contribution >= 4 is 11.8 Å². The number of likely N-dealkylation sites (tertiary alicyclic amines) is 1. The molecule has 5 N–H and O–H groups in total. The summed E-state index contributed by atoms with van der Waals surface area (Å²) in [4.78, 5) is 28.5. The van der Waals surface area contributed by atoms with Crippen LogP contribution in [-0.4, -0.2) is 72.6 Å². The maximum absolute atomic E-state index is 12.3. The number of carbonyl (C=O) groups is 2. The predicted molar refractivity (Wildman–Crippen MR) is 126 cm³/mol. The average molecular weight is 450 g/mol. The fourth-order valence-corrected chi connectivity index (χ4v) is 3.73. The summed E-state index contributed by atoms with van der Waals surface area (Å²) in [6.45, 7) is 3.05. The number of hydrogen-bond donors (Lipinski definition) is 4. The first-order valence-corrected chi connectivity index (χ1v) is 10.9. The van der Waals surface area contributed by atoms with E-state index in [4.69, 9.17) is 10.9 Å². The van der Waals surface area contributed by atoms with E-state index in [0.717, 1.165) is 30.8 Å². The van der Waals surface area contributed by atoms with Gasteiger partial charge >= 0.3 is 0 Å². The zero-order chi connectivity index (χ0) is 23.8. The van der Waals surface area contributed by atoms with E-state index in [9.17, 15) is 9.59 Å². The lowest BCUT2D eigenvalue weighted by Gasteiger charge is -2.20. The van der Waals surface area contributed by atoms with Gasteiger partial charge in [0.2, 0.25) is 0 Å². The third kappa shape index (κ3) is 6.88. The van der Waals surface area contributed by atoms with Gasteiger partial charge in [0.25, 0.3) is 11.8 Å². The van der Waals surface area contributed by atoms with Crippen molar-refractivity contribution in [3.63, 3.8) is 0 Å². The Bertz CT molecular complexity index is 1010. The molecule has 1 saturated heterocycles. The van der Waals surface area contributed by atoms with E-state index in [1.807, 2.05) is 12.1 Å². The summed E-state index contributed by atoms with van der Waals surface area (Å²) >= 11 is 0. The molecule has 3 rings (SSSR count). The largest absolute Gasteiger partial charge is 0.339 e. The number of nitrogens with two attached hydrogens (primary N) is 1. The SMILES string of the molecule is CN(C)[C@@H]1CCN(Cc2ccc(C#Cc3ccc(C(=O)N[C@@H](CN)C(=O)NO)cc3)cc2)C1. The molecule has 2 aromatic rings. The second-order valence-electron chi connectivity index (χ2n) is 8.40. The standard InChI is InChI=1S/C25H31N5O3/c1-29(2)22-13-14-30(17-22)16-20-7-5-18(6-8-20)3-4-19-9-11-21(12-10-19)24(31)27-23(15-26)25(32)28-33/h5-12,22-23,33H,13-17,26H2,1-2H3,(H,27,31)(H,28,32)/t22-,23+/m1/s1. The predicted octanol–water partition coefficient (Wildman–Crippen LogP) is 0.785. The van der Waals surface area contributed by atoms with Crippen LogP contribution < -0.4 is 16.5 Å². The van der Waals surface area contributed by atoms with Crippen molar-refractivity contribution in [2.75, 3.05) is 33.7 Å². The van der Waals surface area contributed by atoms with Gasteiger partial charge < -0.3 is 16.0 Å². The fraction of sp³-hybridized carbons (Fsp3) is 0.360. The summed E-state index contributed by atoms with van der Waals surface area (Å²) in [6, 6.07) is 14.7. The minimum Gasteiger partial charge on any atom is -0.339 e. The van der Waals surface area contributed by atoms with Crippen LogP contribution in [0.5, 0.6) is 0 Å². The number of benzene rings is 2. The van der Waals surface area contributed by atoms with E-state index in [2.05, 4.69) is 53.2 Å². The first-order chi connectivity index (χ1) is 15.9. The lowest BCUT2D eigenvalue weighted by atomic mass is 10.1. The van der Waals surface area contributed by atoms with Crippen molar-refractivity contribution in [1.29, 1.82) is 0 Å². The van der Waals surface area contributed by atoms with Crippen LogP contribution in [-0.2, 0) is 11.3 Å². The zero-order valence-corrected chi connectivity index (χ0v) is 19.0. The van der Waals surface area contributed by atoms with Crippen LogP contribution in [0, 0.1) is 11.8 Å². The molecule has 2 atom stereocenters. The number of hydroxylamine groups is 1. The molecule has 0 aromatic heterocycles. The Kier molecular flexibility index (Phi) is 8.58. The Morgan fingerprint density at radius 2 is 1.73 bits per heavy atom. The molecule has 1 heterocycles. The Morgan fingerprint density at radius 1 is 1.12 bits per heavy atom. The normalized spacial score (nSPS) is 16.7. The van der Waals surface area contributed by atoms with Crippen LogP contribution in [0.1, 0.15) is 33.5 Å². The van der Waals surface area contributed by atoms with Crippen molar-refractivity contribution in [2.24, 2.45) is 5.73 Å². The smallest absolute Gasteiger partial charge is 0.267 e. The van der Waals surface area contributed by atoms with Crippen LogP contribution in [0.15, 0.2) is 48.5 Å². The molecule has 1 aliphatic heterocycles. The number of amides is 2. The highest BCUT2D eigenvalue weighted by Gasteiger charge is 2.23. The molecule has 174 valence electrons. The van der Waals surface area contributed by atoms with E-state index < -0.39 is 17.9 Å². The van der Waals surface area contributed by atoms with Crippen LogP contribution in [0.3, 0.4) is 0 Å². The molecule has 2 amide bonds. The Labute approximate surface area is 194 Å². The highest BCUT2D eigenvalue weighted by Crippen LogP contribution is 2.16. The van der Waals surface area contributed by atoms with Crippen molar-refractivity contribution in [3.8, 4) is 11.8 Å². The van der Waals surface area contributed by atoms with Gasteiger partial charge in [0, 0.05) is 48.9 Å². The molecule has 1 aliphatic rings. The number of likely N-dealkylation sites (N-methyl/N-ethyl adjacent to an activating group) is 1. The van der Waals surface area contributed by atoms with Gasteiger partial charge in [-0.15, -0.1) is 0 Å². The molecule has 0 unspecified atom stereocenters. The minimum absolute atomic E-state index is 0.130. The molecule has 0 bridgehead atoms. The minimum atomic E-state index is -1.01. The second-order valence-corrected chi connectivity index (χ2v) is 8.40. The van der Waals surface area contributed by atoms with Gasteiger partial charge in [-0.05, 0) is 62.5 Å². The van der Waals surface area contributed by atoms with Gasteiger partial charge in [0.15, 0.2) is 0 Å². The number of nitrogens with zero attached hydrogens (tertiary/aromatic N) is 2. The van der Waals surface area contributed by atoms with E-state index >= 15 is 0 Å². The van der Waals surface area contributed by atoms with E-state index in [1.54, 1.807) is 24.3 Å². The summed E-state index contributed by atoms with van der Waals surface area (Å²) in [6.07, 6.45) is 1.21. The lowest BCUT2D eigenvalue weighted by molar-refractivity contribution is -0.130. The van der Waals surface area contributed by atoms with Crippen molar-refractivity contribution in [1.82, 2.24) is 20.6 Å². The molecule has 1 fully saturated rings. The third-order valence-electron chi connectivity index (χ3n) is 5.80. The van der Waals surface area contributed by atoms with Gasteiger partial charge in [0.1, 0.15) is 6.04 Å². The highest BCUT2D eigenvalue weighted by molar-refractivity contribution is 5.97. The molecule has 0 radical (unpaired) electrons. The molecular formula is C25H31N5O3. The van der Waals surface area contributed by atoms with E-state index in [0.29, 0.717) is 11.6 Å². The molecular weight excluding hydrogens is 418 g/mol. The molecule has 8 heteroatoms. The highest BCUT2D eigenvalue weighted by atomic mass is 16.5. The second kappa shape index (κ2) is 11.6. The third-order valence-corrected chi connectivity index (χ3v) is 5.80. The fourth-order valence-electron chi connectivity index (χ4n) is 3.73. The molecule has 33 heavy (non-hydrogen) atoms. The zero-order valence-electron chi connectivity index (χ0n) is 19.0. The van der Waals surface area contributed by atoms with E-state index in [1.165, 1.54) is 17.5 Å². The van der Waals surface area contributed by atoms with Gasteiger partial charge in [-0.2, -0.15) is 0 Å². The van der Waals surface area contributed by atoms with E-state index in [-0.39, 0.29) is 6.54 Å². The lowest BCUT2D eigenvalue weighted by Crippen LogP contribution is -2.50. The Balaban J connectivity index is 1.55. The quantitative estimate of drug-likeness (QED) is 0.283. The molecule has 2 aromatic carbocycles. The maximum atomic E-state index is 12.3. The van der Waals surface area contributed by atoms with Gasteiger partial charge in [-0.3, -0.25) is 19.7 Å². The number of rotatable bonds is 7. The van der Waals surface area contributed by atoms with Crippen LogP contribution in [0.25, 0.3) is 0 Å². The summed E-state index contributed by atoms with van der Waals surface area (Å²) in [5.41, 5.74) is 10.3. The van der Waals surface area contributed by atoms with Crippen molar-refractivity contribution in [3.05, 3.63) is 70.8 Å². The summed E-state index contributed by atoms with van der Waals surface area (Å²) in [5, 5.41) is 11.2. The first-order valence-electron chi connectivity index (χ1n) is 10.9. The Morgan fingerprint density at radius 3 is 2.24 bits per heavy atom. The first kappa shape index (κ1) is 24.4. The molecule has 0 spiro atoms. The summed E-state index contributed by atoms with van der Waals surface area (Å²) in [5.74, 6) is 5.03. The van der Waals surface area contributed by atoms with Gasteiger partial charge in [0.05, 0.1) is 0 Å². The van der Waals surface area contributed by atoms with Crippen molar-refractivity contribution in [2.45, 2.75) is 25.0 Å². The number of hydrogen-bond acceptors (Lipinski definition) is 6. The van der Waals surface area contributed by atoms with Crippen molar-refractivity contribution < 1.29 is 14.8 Å². The molecule has 8 nitrogen and oxygen atoms in total. The van der Waals surface area contributed by atoms with Gasteiger partial charge in [-0.1, -0.05) is 24.0 Å². The monoisotopic (exact) mass is 449 g/mol. The van der Waals surface area contributed by atoms with Crippen LogP contribution in [0.2, 0.25) is 0 Å². The van der Waals surface area contributed by atoms with Crippen LogP contribution >= 0.6 is 0 Å².